The fraction of sp³-hybridized carbons (Fsp3) is 1.00. The molecule has 6 heteroatoms. The molecule has 2 fully saturated rings. The maximum Gasteiger partial charge on any atom is 0.163 e. The molecule has 2 rings (SSSR count). The molecule has 0 spiro atoms. The molecule has 5 atom stereocenters. The third-order valence-electron chi connectivity index (χ3n) is 3.15. The minimum Gasteiger partial charge on any atom is -0.393 e. The Bertz CT molecular complexity index is 276. The molecule has 1 saturated carbocycles. The summed E-state index contributed by atoms with van der Waals surface area (Å²) < 4.78 is 29.7. The highest BCUT2D eigenvalue weighted by Gasteiger charge is 2.53. The molecule has 0 aromatic carbocycles. The van der Waals surface area contributed by atoms with Gasteiger partial charge in [-0.15, -0.1) is 0 Å². The van der Waals surface area contributed by atoms with Crippen molar-refractivity contribution in [3.63, 3.8) is 0 Å². The molecule has 100 valence electrons. The molecule has 1 heterocycles. The normalized spacial score (nSPS) is 41.5. The van der Waals surface area contributed by atoms with Gasteiger partial charge in [0.05, 0.1) is 19.3 Å². The monoisotopic (exact) mass is 249 g/mol. The van der Waals surface area contributed by atoms with Crippen LogP contribution >= 0.6 is 0 Å². The van der Waals surface area contributed by atoms with Crippen LogP contribution in [0.15, 0.2) is 0 Å². The van der Waals surface area contributed by atoms with Crippen molar-refractivity contribution in [2.45, 2.75) is 56.6 Å². The average molecular weight is 249 g/mol. The predicted molar refractivity (Wildman–Crippen MR) is 58.1 cm³/mol. The lowest BCUT2D eigenvalue weighted by molar-refractivity contribution is -0.169. The second-order valence-electron chi connectivity index (χ2n) is 5.12. The molecule has 1 aliphatic heterocycles. The van der Waals surface area contributed by atoms with Gasteiger partial charge in [-0.2, -0.15) is 0 Å². The van der Waals surface area contributed by atoms with Crippen molar-refractivity contribution in [2.24, 2.45) is 5.73 Å². The zero-order chi connectivity index (χ0) is 12.6. The van der Waals surface area contributed by atoms with Crippen molar-refractivity contribution >= 4 is 0 Å². The number of rotatable bonds is 4. The minimum absolute atomic E-state index is 0.138. The predicted octanol–water partition coefficient (Wildman–Crippen LogP) is -0.0469. The average Bonchev–Trinajstić information content (AvgIpc) is 2.71. The van der Waals surface area contributed by atoms with Crippen LogP contribution in [-0.4, -0.2) is 54.6 Å². The fourth-order valence-corrected chi connectivity index (χ4v) is 2.42. The zero-order valence-corrected chi connectivity index (χ0v) is 10.1. The van der Waals surface area contributed by atoms with E-state index in [0.29, 0.717) is 6.42 Å². The SMILES string of the molecule is CC1(C)OC2[C@@H](OCC(F)CO)C[C@@H](N)[C@@H]2O1. The van der Waals surface area contributed by atoms with E-state index < -0.39 is 18.6 Å². The molecular formula is C11H20FNO4. The zero-order valence-electron chi connectivity index (χ0n) is 10.1. The van der Waals surface area contributed by atoms with Crippen LogP contribution in [0.25, 0.3) is 0 Å². The number of fused-ring (bicyclic) bond motifs is 1. The van der Waals surface area contributed by atoms with Crippen molar-refractivity contribution in [3.8, 4) is 0 Å². The number of ether oxygens (including phenoxy) is 3. The maximum absolute atomic E-state index is 12.9. The molecular weight excluding hydrogens is 229 g/mol. The molecule has 1 aliphatic carbocycles. The van der Waals surface area contributed by atoms with Gasteiger partial charge in [-0.1, -0.05) is 0 Å². The summed E-state index contributed by atoms with van der Waals surface area (Å²) in [5.41, 5.74) is 5.94. The van der Waals surface area contributed by atoms with Gasteiger partial charge in [-0.3, -0.25) is 0 Å². The largest absolute Gasteiger partial charge is 0.393 e. The Balaban J connectivity index is 1.92. The van der Waals surface area contributed by atoms with Gasteiger partial charge in [0.25, 0.3) is 0 Å². The third-order valence-corrected chi connectivity index (χ3v) is 3.15. The van der Waals surface area contributed by atoms with Gasteiger partial charge in [0.2, 0.25) is 0 Å². The van der Waals surface area contributed by atoms with Gasteiger partial charge in [-0.05, 0) is 20.3 Å². The van der Waals surface area contributed by atoms with E-state index in [9.17, 15) is 4.39 Å². The van der Waals surface area contributed by atoms with Crippen LogP contribution in [0.1, 0.15) is 20.3 Å². The third kappa shape index (κ3) is 2.77. The lowest BCUT2D eigenvalue weighted by Gasteiger charge is -2.23. The van der Waals surface area contributed by atoms with Crippen LogP contribution in [0.4, 0.5) is 4.39 Å². The van der Waals surface area contributed by atoms with Crippen molar-refractivity contribution in [2.75, 3.05) is 13.2 Å². The highest BCUT2D eigenvalue weighted by molar-refractivity contribution is 5.01. The van der Waals surface area contributed by atoms with Crippen molar-refractivity contribution < 1.29 is 23.7 Å². The van der Waals surface area contributed by atoms with E-state index in [4.69, 9.17) is 25.1 Å². The van der Waals surface area contributed by atoms with E-state index in [-0.39, 0.29) is 31.0 Å². The van der Waals surface area contributed by atoms with E-state index >= 15 is 0 Å². The summed E-state index contributed by atoms with van der Waals surface area (Å²) in [5.74, 6) is -0.666. The molecule has 5 nitrogen and oxygen atoms in total. The number of aliphatic hydroxyl groups is 1. The van der Waals surface area contributed by atoms with Crippen molar-refractivity contribution in [3.05, 3.63) is 0 Å². The highest BCUT2D eigenvalue weighted by Crippen LogP contribution is 2.38. The quantitative estimate of drug-likeness (QED) is 0.731. The van der Waals surface area contributed by atoms with Crippen molar-refractivity contribution in [1.82, 2.24) is 0 Å². The molecule has 0 aromatic heterocycles. The summed E-state index contributed by atoms with van der Waals surface area (Å²) in [6.07, 6.45) is -1.47. The van der Waals surface area contributed by atoms with Crippen LogP contribution in [0.2, 0.25) is 0 Å². The topological polar surface area (TPSA) is 73.9 Å². The number of alkyl halides is 1. The number of halogens is 1. The second kappa shape index (κ2) is 4.78. The van der Waals surface area contributed by atoms with Gasteiger partial charge in [0.15, 0.2) is 5.79 Å². The van der Waals surface area contributed by atoms with Crippen molar-refractivity contribution in [1.29, 1.82) is 0 Å². The first-order valence-electron chi connectivity index (χ1n) is 5.90. The maximum atomic E-state index is 12.9. The highest BCUT2D eigenvalue weighted by atomic mass is 19.1. The summed E-state index contributed by atoms with van der Waals surface area (Å²) >= 11 is 0. The van der Waals surface area contributed by atoms with Gasteiger partial charge in [0, 0.05) is 6.04 Å². The van der Waals surface area contributed by atoms with Crippen LogP contribution in [0, 0.1) is 0 Å². The molecule has 0 radical (unpaired) electrons. The van der Waals surface area contributed by atoms with E-state index in [1.807, 2.05) is 13.8 Å². The lowest BCUT2D eigenvalue weighted by atomic mass is 10.2. The molecule has 0 amide bonds. The van der Waals surface area contributed by atoms with Crippen LogP contribution < -0.4 is 5.73 Å². The number of hydrogen-bond donors (Lipinski definition) is 2. The lowest BCUT2D eigenvalue weighted by Crippen LogP contribution is -2.35. The Morgan fingerprint density at radius 2 is 2.12 bits per heavy atom. The first kappa shape index (κ1) is 13.2. The van der Waals surface area contributed by atoms with Gasteiger partial charge >= 0.3 is 0 Å². The van der Waals surface area contributed by atoms with E-state index in [1.165, 1.54) is 0 Å². The molecule has 2 aliphatic rings. The minimum atomic E-state index is -1.36. The summed E-state index contributed by atoms with van der Waals surface area (Å²) in [4.78, 5) is 0. The van der Waals surface area contributed by atoms with Crippen LogP contribution in [-0.2, 0) is 14.2 Å². The second-order valence-corrected chi connectivity index (χ2v) is 5.12. The van der Waals surface area contributed by atoms with E-state index in [0.717, 1.165) is 0 Å². The Morgan fingerprint density at radius 1 is 1.47 bits per heavy atom. The van der Waals surface area contributed by atoms with Crippen LogP contribution in [0.5, 0.6) is 0 Å². The molecule has 2 unspecified atom stereocenters. The fourth-order valence-electron chi connectivity index (χ4n) is 2.42. The summed E-state index contributed by atoms with van der Waals surface area (Å²) in [6, 6.07) is -0.154. The number of hydrogen-bond acceptors (Lipinski definition) is 5. The first-order valence-corrected chi connectivity index (χ1v) is 5.90. The Hall–Kier alpha value is -0.270. The molecule has 17 heavy (non-hydrogen) atoms. The number of aliphatic hydroxyl groups excluding tert-OH is 1. The molecule has 1 saturated heterocycles. The molecule has 0 bridgehead atoms. The molecule has 3 N–H and O–H groups in total. The van der Waals surface area contributed by atoms with Gasteiger partial charge < -0.3 is 25.1 Å². The summed E-state index contributed by atoms with van der Waals surface area (Å²) in [5, 5.41) is 8.60. The summed E-state index contributed by atoms with van der Waals surface area (Å²) in [7, 11) is 0. The van der Waals surface area contributed by atoms with Crippen LogP contribution in [0.3, 0.4) is 0 Å². The van der Waals surface area contributed by atoms with E-state index in [1.54, 1.807) is 0 Å². The standard InChI is InChI=1S/C11H20FNO4/c1-11(2)16-9-7(13)3-8(10(9)17-11)15-5-6(12)4-14/h6-10,14H,3-5,13H2,1-2H3/t6?,7-,8+,9+,10?/m1/s1. The van der Waals surface area contributed by atoms with Gasteiger partial charge in [-0.25, -0.2) is 4.39 Å². The van der Waals surface area contributed by atoms with Gasteiger partial charge in [0.1, 0.15) is 18.4 Å². The Kier molecular flexibility index (Phi) is 3.70. The molecule has 0 aromatic rings. The smallest absolute Gasteiger partial charge is 0.163 e. The summed E-state index contributed by atoms with van der Waals surface area (Å²) in [6.45, 7) is 2.97. The first-order chi connectivity index (χ1) is 7.93. The Labute approximate surface area is 100 Å². The van der Waals surface area contributed by atoms with E-state index in [2.05, 4.69) is 0 Å². The number of nitrogens with two attached hydrogens (primary N) is 1. The Morgan fingerprint density at radius 3 is 2.76 bits per heavy atom.